The van der Waals surface area contributed by atoms with Crippen LogP contribution in [-0.2, 0) is 0 Å². The molecule has 3 heterocycles. The molecule has 0 aliphatic heterocycles. The van der Waals surface area contributed by atoms with E-state index in [1.54, 1.807) is 0 Å². The summed E-state index contributed by atoms with van der Waals surface area (Å²) in [5.41, 5.74) is -1.21. The number of aryl methyl sites for hydroxylation is 3. The smallest absolute Gasteiger partial charge is 0.226 e. The Hall–Kier alpha value is -2.88. The van der Waals surface area contributed by atoms with Crippen molar-refractivity contribution in [2.45, 2.75) is 20.8 Å². The van der Waals surface area contributed by atoms with Crippen LogP contribution >= 0.6 is 0 Å². The normalized spacial score (nSPS) is 9.11. The maximum atomic E-state index is 10.5. The minimum atomic E-state index is -0.404. The standard InChI is InChI=1S/3C6H6O3.In/c3*1-4-6(8)5(7)2-3-9-4;/h3*2-3,8H,1H3;. The fourth-order valence-corrected chi connectivity index (χ4v) is 1.52. The average molecular weight is 493 g/mol. The molecule has 28 heavy (non-hydrogen) atoms. The predicted molar refractivity (Wildman–Crippen MR) is 99.9 cm³/mol. The molecule has 0 aromatic carbocycles. The monoisotopic (exact) mass is 493 g/mol. The van der Waals surface area contributed by atoms with Crippen LogP contribution in [0.4, 0.5) is 0 Å². The molecule has 3 N–H and O–H groups in total. The third-order valence-electron chi connectivity index (χ3n) is 3.09. The minimum Gasteiger partial charge on any atom is -0.502 e. The Balaban J connectivity index is 0.000000384. The molecular formula is C18H18InO9. The van der Waals surface area contributed by atoms with Gasteiger partial charge in [-0.2, -0.15) is 0 Å². The summed E-state index contributed by atoms with van der Waals surface area (Å²) in [6.45, 7) is 4.57. The number of hydrogen-bond acceptors (Lipinski definition) is 9. The molecule has 10 heteroatoms. The summed E-state index contributed by atoms with van der Waals surface area (Å²) in [4.78, 5) is 31.6. The Morgan fingerprint density at radius 3 is 0.929 bits per heavy atom. The van der Waals surface area contributed by atoms with Crippen molar-refractivity contribution in [3.63, 3.8) is 0 Å². The summed E-state index contributed by atoms with van der Waals surface area (Å²) >= 11 is 0. The van der Waals surface area contributed by atoms with Crippen molar-refractivity contribution >= 4 is 25.8 Å². The van der Waals surface area contributed by atoms with E-state index >= 15 is 0 Å². The molecule has 0 fully saturated rings. The summed E-state index contributed by atoms with van der Waals surface area (Å²) in [6, 6.07) is 3.51. The summed E-state index contributed by atoms with van der Waals surface area (Å²) in [5, 5.41) is 26.4. The Morgan fingerprint density at radius 2 is 0.786 bits per heavy atom. The molecule has 3 radical (unpaired) electrons. The fourth-order valence-electron chi connectivity index (χ4n) is 1.52. The van der Waals surface area contributed by atoms with Crippen LogP contribution in [0.3, 0.4) is 0 Å². The molecule has 0 amide bonds. The van der Waals surface area contributed by atoms with Crippen molar-refractivity contribution in [3.8, 4) is 17.2 Å². The van der Waals surface area contributed by atoms with Crippen LogP contribution in [0.5, 0.6) is 17.2 Å². The van der Waals surface area contributed by atoms with Gasteiger partial charge in [0.25, 0.3) is 0 Å². The fraction of sp³-hybridized carbons (Fsp3) is 0.167. The van der Waals surface area contributed by atoms with Gasteiger partial charge >= 0.3 is 0 Å². The number of rotatable bonds is 0. The first kappa shape index (κ1) is 25.1. The first-order chi connectivity index (χ1) is 12.6. The van der Waals surface area contributed by atoms with Gasteiger partial charge in [-0.3, -0.25) is 14.4 Å². The summed E-state index contributed by atoms with van der Waals surface area (Å²) in [5.74, 6) is -0.167. The largest absolute Gasteiger partial charge is 0.502 e. The first-order valence-electron chi connectivity index (χ1n) is 7.47. The van der Waals surface area contributed by atoms with Crippen LogP contribution < -0.4 is 16.3 Å². The van der Waals surface area contributed by atoms with Crippen molar-refractivity contribution in [1.82, 2.24) is 0 Å². The zero-order valence-electron chi connectivity index (χ0n) is 15.3. The zero-order valence-corrected chi connectivity index (χ0v) is 18.6. The molecule has 147 valence electrons. The number of aromatic hydroxyl groups is 3. The Morgan fingerprint density at radius 1 is 0.571 bits per heavy atom. The maximum Gasteiger partial charge on any atom is 0.226 e. The molecule has 0 atom stereocenters. The average Bonchev–Trinajstić information content (AvgIpc) is 2.63. The van der Waals surface area contributed by atoms with E-state index in [0.717, 1.165) is 0 Å². The van der Waals surface area contributed by atoms with Gasteiger partial charge in [-0.1, -0.05) is 0 Å². The third kappa shape index (κ3) is 7.39. The van der Waals surface area contributed by atoms with Gasteiger partial charge in [0.1, 0.15) is 17.3 Å². The summed E-state index contributed by atoms with van der Waals surface area (Å²) in [7, 11) is 0. The van der Waals surface area contributed by atoms with E-state index < -0.39 is 16.3 Å². The van der Waals surface area contributed by atoms with Gasteiger partial charge in [0.2, 0.25) is 33.5 Å². The van der Waals surface area contributed by atoms with E-state index in [-0.39, 0.29) is 60.4 Å². The molecule has 0 unspecified atom stereocenters. The molecule has 0 aliphatic rings. The van der Waals surface area contributed by atoms with E-state index in [2.05, 4.69) is 13.3 Å². The van der Waals surface area contributed by atoms with Crippen molar-refractivity contribution < 1.29 is 28.6 Å². The van der Waals surface area contributed by atoms with Gasteiger partial charge in [0.05, 0.1) is 18.8 Å². The van der Waals surface area contributed by atoms with E-state index in [4.69, 9.17) is 15.3 Å². The molecule has 0 bridgehead atoms. The second kappa shape index (κ2) is 11.8. The Labute approximate surface area is 177 Å². The van der Waals surface area contributed by atoms with Gasteiger partial charge in [0.15, 0.2) is 0 Å². The number of hydrogen-bond donors (Lipinski definition) is 3. The van der Waals surface area contributed by atoms with Gasteiger partial charge in [-0.05, 0) is 20.8 Å². The van der Waals surface area contributed by atoms with Crippen molar-refractivity contribution in [2.24, 2.45) is 0 Å². The van der Waals surface area contributed by atoms with Gasteiger partial charge in [-0.25, -0.2) is 0 Å². The van der Waals surface area contributed by atoms with Gasteiger partial charge in [0, 0.05) is 44.0 Å². The SMILES string of the molecule is Cc1occc(=O)c1O.Cc1occc(=O)c1O.Cc1occc(=O)c1O.[In]. The Kier molecular flexibility index (Phi) is 10.5. The van der Waals surface area contributed by atoms with Crippen molar-refractivity contribution in [2.75, 3.05) is 0 Å². The zero-order chi connectivity index (χ0) is 20.6. The van der Waals surface area contributed by atoms with E-state index in [1.807, 2.05) is 0 Å². The molecule has 0 saturated heterocycles. The van der Waals surface area contributed by atoms with E-state index in [9.17, 15) is 14.4 Å². The van der Waals surface area contributed by atoms with E-state index in [0.29, 0.717) is 0 Å². The predicted octanol–water partition coefficient (Wildman–Crippen LogP) is 1.58. The van der Waals surface area contributed by atoms with Crippen molar-refractivity contribution in [3.05, 3.63) is 84.9 Å². The van der Waals surface area contributed by atoms with Crippen LogP contribution in [0.25, 0.3) is 0 Å². The first-order valence-corrected chi connectivity index (χ1v) is 7.47. The second-order valence-corrected chi connectivity index (χ2v) is 5.07. The van der Waals surface area contributed by atoms with Crippen LogP contribution in [0.15, 0.2) is 64.6 Å². The molecule has 3 aromatic rings. The van der Waals surface area contributed by atoms with E-state index in [1.165, 1.54) is 57.8 Å². The second-order valence-electron chi connectivity index (χ2n) is 5.07. The van der Waals surface area contributed by atoms with Crippen LogP contribution in [0, 0.1) is 20.8 Å². The molecule has 0 aliphatic carbocycles. The van der Waals surface area contributed by atoms with Crippen molar-refractivity contribution in [1.29, 1.82) is 0 Å². The summed E-state index contributed by atoms with van der Waals surface area (Å²) in [6.07, 6.45) is 3.74. The minimum absolute atomic E-state index is 0. The molecule has 3 aromatic heterocycles. The summed E-state index contributed by atoms with van der Waals surface area (Å²) < 4.78 is 14.1. The van der Waals surface area contributed by atoms with Crippen LogP contribution in [0.2, 0.25) is 0 Å². The van der Waals surface area contributed by atoms with Gasteiger partial charge < -0.3 is 28.6 Å². The molecule has 0 saturated carbocycles. The topological polar surface area (TPSA) is 151 Å². The van der Waals surface area contributed by atoms with Crippen LogP contribution in [-0.4, -0.2) is 41.2 Å². The Bertz CT molecular complexity index is 927. The molecule has 0 spiro atoms. The maximum absolute atomic E-state index is 10.5. The van der Waals surface area contributed by atoms with Crippen LogP contribution in [0.1, 0.15) is 17.3 Å². The third-order valence-corrected chi connectivity index (χ3v) is 3.09. The molecular weight excluding hydrogens is 475 g/mol. The quantitative estimate of drug-likeness (QED) is 0.424. The molecule has 3 rings (SSSR count). The van der Waals surface area contributed by atoms with Gasteiger partial charge in [-0.15, -0.1) is 0 Å². The molecule has 9 nitrogen and oxygen atoms in total.